The summed E-state index contributed by atoms with van der Waals surface area (Å²) in [7, 11) is 1.49. The van der Waals surface area contributed by atoms with Gasteiger partial charge in [-0.15, -0.1) is 0 Å². The normalized spacial score (nSPS) is 11.5. The van der Waals surface area contributed by atoms with E-state index < -0.39 is 5.97 Å². The number of rotatable bonds is 8. The Labute approximate surface area is 187 Å². The lowest BCUT2D eigenvalue weighted by molar-refractivity contribution is -0.131. The van der Waals surface area contributed by atoms with E-state index >= 15 is 0 Å². The number of imidazole rings is 1. The summed E-state index contributed by atoms with van der Waals surface area (Å²) in [4.78, 5) is 19.4. The number of ether oxygens (including phenoxy) is 2. The van der Waals surface area contributed by atoms with Gasteiger partial charge in [0.25, 0.3) is 0 Å². The molecule has 0 aliphatic carbocycles. The molecule has 32 heavy (non-hydrogen) atoms. The molecular formula is C24H19FN2O4S. The van der Waals surface area contributed by atoms with E-state index in [0.717, 1.165) is 22.8 Å². The van der Waals surface area contributed by atoms with Gasteiger partial charge in [0.1, 0.15) is 17.3 Å². The Bertz CT molecular complexity index is 1270. The molecule has 0 spiro atoms. The lowest BCUT2D eigenvalue weighted by Crippen LogP contribution is -2.00. The third-order valence-electron chi connectivity index (χ3n) is 4.61. The monoisotopic (exact) mass is 450 g/mol. The number of nitrogens with zero attached hydrogens (tertiary/aromatic N) is 1. The summed E-state index contributed by atoms with van der Waals surface area (Å²) < 4.78 is 24.9. The van der Waals surface area contributed by atoms with Gasteiger partial charge in [0, 0.05) is 5.56 Å². The lowest BCUT2D eigenvalue weighted by atomic mass is 10.2. The molecule has 162 valence electrons. The van der Waals surface area contributed by atoms with Crippen molar-refractivity contribution in [2.45, 2.75) is 11.8 Å². The fraction of sp³-hybridized carbons (Fsp3) is 0.0833. The van der Waals surface area contributed by atoms with Crippen molar-refractivity contribution in [2.24, 2.45) is 0 Å². The summed E-state index contributed by atoms with van der Waals surface area (Å²) in [6.45, 7) is 0.0422. The van der Waals surface area contributed by atoms with Crippen LogP contribution in [-0.4, -0.2) is 28.2 Å². The van der Waals surface area contributed by atoms with Crippen LogP contribution in [0.25, 0.3) is 17.1 Å². The van der Waals surface area contributed by atoms with Crippen LogP contribution < -0.4 is 9.47 Å². The Hall–Kier alpha value is -3.78. The molecule has 0 radical (unpaired) electrons. The molecule has 1 heterocycles. The molecule has 2 N–H and O–H groups in total. The predicted molar refractivity (Wildman–Crippen MR) is 121 cm³/mol. The fourth-order valence-electron chi connectivity index (χ4n) is 3.03. The topological polar surface area (TPSA) is 84.4 Å². The zero-order valence-electron chi connectivity index (χ0n) is 17.0. The Kier molecular flexibility index (Phi) is 6.42. The molecule has 0 saturated carbocycles. The van der Waals surface area contributed by atoms with Crippen LogP contribution in [0.2, 0.25) is 0 Å². The van der Waals surface area contributed by atoms with E-state index in [0.29, 0.717) is 27.8 Å². The van der Waals surface area contributed by atoms with Gasteiger partial charge in [0.15, 0.2) is 16.7 Å². The van der Waals surface area contributed by atoms with Crippen LogP contribution in [-0.2, 0) is 11.4 Å². The number of nitrogens with one attached hydrogen (secondary N) is 1. The van der Waals surface area contributed by atoms with Crippen molar-refractivity contribution in [3.63, 3.8) is 0 Å². The second-order valence-electron chi connectivity index (χ2n) is 6.77. The summed E-state index contributed by atoms with van der Waals surface area (Å²) >= 11 is 1.03. The van der Waals surface area contributed by atoms with Crippen LogP contribution >= 0.6 is 11.8 Å². The number of para-hydroxylation sites is 2. The van der Waals surface area contributed by atoms with E-state index in [4.69, 9.17) is 9.47 Å². The number of hydrogen-bond acceptors (Lipinski definition) is 5. The van der Waals surface area contributed by atoms with Crippen LogP contribution in [0.4, 0.5) is 4.39 Å². The number of carbonyl (C=O) groups is 1. The number of halogens is 1. The van der Waals surface area contributed by atoms with Gasteiger partial charge in [-0.2, -0.15) is 0 Å². The average molecular weight is 450 g/mol. The van der Waals surface area contributed by atoms with E-state index in [9.17, 15) is 14.3 Å². The SMILES string of the molecule is COc1cc(/C=C(\Sc2nc3ccccc3[nH]2)C(=O)O)ccc1OCc1ccccc1F. The first-order chi connectivity index (χ1) is 15.5. The van der Waals surface area contributed by atoms with Crippen molar-refractivity contribution in [1.82, 2.24) is 9.97 Å². The molecule has 0 atom stereocenters. The van der Waals surface area contributed by atoms with Crippen molar-refractivity contribution in [3.8, 4) is 11.5 Å². The maximum atomic E-state index is 13.8. The first-order valence-electron chi connectivity index (χ1n) is 9.65. The van der Waals surface area contributed by atoms with E-state index in [-0.39, 0.29) is 17.3 Å². The van der Waals surface area contributed by atoms with Gasteiger partial charge in [-0.1, -0.05) is 36.4 Å². The third-order valence-corrected chi connectivity index (χ3v) is 5.51. The maximum absolute atomic E-state index is 13.8. The number of carboxylic acids is 1. The van der Waals surface area contributed by atoms with E-state index in [1.807, 2.05) is 24.3 Å². The molecule has 0 aliphatic rings. The molecule has 0 amide bonds. The summed E-state index contributed by atoms with van der Waals surface area (Å²) in [5.41, 5.74) is 2.63. The molecule has 0 aliphatic heterocycles. The van der Waals surface area contributed by atoms with Crippen LogP contribution in [0.1, 0.15) is 11.1 Å². The molecule has 0 fully saturated rings. The molecule has 4 rings (SSSR count). The van der Waals surface area contributed by atoms with Crippen molar-refractivity contribution in [2.75, 3.05) is 7.11 Å². The standard InChI is InChI=1S/C24H19FN2O4S/c1-30-21-12-15(10-11-20(21)31-14-16-6-2-3-7-17(16)25)13-22(23(28)29)32-24-26-18-8-4-5-9-19(18)27-24/h2-13H,14H2,1H3,(H,26,27)(H,28,29)/b22-13-. The quantitative estimate of drug-likeness (QED) is 0.272. The van der Waals surface area contributed by atoms with Crippen LogP contribution in [0.15, 0.2) is 76.8 Å². The average Bonchev–Trinajstić information content (AvgIpc) is 3.21. The highest BCUT2D eigenvalue weighted by Crippen LogP contribution is 2.32. The van der Waals surface area contributed by atoms with Gasteiger partial charge in [-0.05, 0) is 53.7 Å². The highest BCUT2D eigenvalue weighted by atomic mass is 32.2. The highest BCUT2D eigenvalue weighted by molar-refractivity contribution is 8.04. The molecule has 8 heteroatoms. The zero-order chi connectivity index (χ0) is 22.5. The van der Waals surface area contributed by atoms with Gasteiger partial charge in [-0.25, -0.2) is 14.2 Å². The molecule has 6 nitrogen and oxygen atoms in total. The van der Waals surface area contributed by atoms with E-state index in [2.05, 4.69) is 9.97 Å². The summed E-state index contributed by atoms with van der Waals surface area (Å²) in [5.74, 6) is -0.586. The minimum absolute atomic E-state index is 0.0422. The third kappa shape index (κ3) is 4.92. The minimum atomic E-state index is -1.07. The predicted octanol–water partition coefficient (Wildman–Crippen LogP) is 5.51. The molecule has 3 aromatic carbocycles. The lowest BCUT2D eigenvalue weighted by Gasteiger charge is -2.12. The summed E-state index contributed by atoms with van der Waals surface area (Å²) in [5, 5.41) is 10.1. The number of hydrogen-bond donors (Lipinski definition) is 2. The van der Waals surface area contributed by atoms with Crippen LogP contribution in [0, 0.1) is 5.82 Å². The maximum Gasteiger partial charge on any atom is 0.342 e. The second-order valence-corrected chi connectivity index (χ2v) is 7.80. The minimum Gasteiger partial charge on any atom is -0.493 e. The molecule has 0 saturated heterocycles. The summed E-state index contributed by atoms with van der Waals surface area (Å²) in [6, 6.07) is 18.9. The smallest absolute Gasteiger partial charge is 0.342 e. The van der Waals surface area contributed by atoms with E-state index in [1.54, 1.807) is 36.4 Å². The van der Waals surface area contributed by atoms with Crippen molar-refractivity contribution < 1.29 is 23.8 Å². The first kappa shape index (κ1) is 21.5. The Morgan fingerprint density at radius 2 is 1.91 bits per heavy atom. The Morgan fingerprint density at radius 3 is 2.66 bits per heavy atom. The van der Waals surface area contributed by atoms with Gasteiger partial charge >= 0.3 is 5.97 Å². The second kappa shape index (κ2) is 9.57. The van der Waals surface area contributed by atoms with Crippen molar-refractivity contribution >= 4 is 34.8 Å². The number of benzene rings is 3. The molecular weight excluding hydrogens is 431 g/mol. The van der Waals surface area contributed by atoms with Gasteiger partial charge in [0.2, 0.25) is 0 Å². The number of fused-ring (bicyclic) bond motifs is 1. The number of thioether (sulfide) groups is 1. The number of carboxylic acid groups (broad SMARTS) is 1. The van der Waals surface area contributed by atoms with Gasteiger partial charge in [0.05, 0.1) is 18.1 Å². The zero-order valence-corrected chi connectivity index (χ0v) is 17.9. The number of aromatic nitrogens is 2. The summed E-state index contributed by atoms with van der Waals surface area (Å²) in [6.07, 6.45) is 1.53. The fourth-order valence-corrected chi connectivity index (χ4v) is 3.83. The van der Waals surface area contributed by atoms with Gasteiger partial charge in [-0.3, -0.25) is 0 Å². The molecule has 0 unspecified atom stereocenters. The number of aromatic amines is 1. The van der Waals surface area contributed by atoms with Crippen molar-refractivity contribution in [3.05, 3.63) is 88.6 Å². The number of aliphatic carboxylic acids is 1. The number of H-pyrrole nitrogens is 1. The van der Waals surface area contributed by atoms with Gasteiger partial charge < -0.3 is 19.6 Å². The van der Waals surface area contributed by atoms with E-state index in [1.165, 1.54) is 19.3 Å². The highest BCUT2D eigenvalue weighted by Gasteiger charge is 2.14. The van der Waals surface area contributed by atoms with Crippen molar-refractivity contribution in [1.29, 1.82) is 0 Å². The number of methoxy groups -OCH3 is 1. The Morgan fingerprint density at radius 1 is 1.12 bits per heavy atom. The molecule has 4 aromatic rings. The molecule has 0 bridgehead atoms. The van der Waals surface area contributed by atoms with Crippen LogP contribution in [0.5, 0.6) is 11.5 Å². The molecule has 1 aromatic heterocycles. The van der Waals surface area contributed by atoms with Crippen LogP contribution in [0.3, 0.4) is 0 Å². The largest absolute Gasteiger partial charge is 0.493 e. The Balaban J connectivity index is 1.55. The first-order valence-corrected chi connectivity index (χ1v) is 10.5.